The number of halogens is 2. The largest absolute Gasteiger partial charge is 0.507 e. The average molecular weight is 364 g/mol. The van der Waals surface area contributed by atoms with Crippen LogP contribution in [-0.2, 0) is 0 Å². The van der Waals surface area contributed by atoms with Crippen LogP contribution in [-0.4, -0.2) is 30.1 Å². The van der Waals surface area contributed by atoms with Gasteiger partial charge < -0.3 is 21.1 Å². The van der Waals surface area contributed by atoms with Gasteiger partial charge in [0.2, 0.25) is 0 Å². The molecule has 1 fully saturated rings. The zero-order chi connectivity index (χ0) is 18.0. The number of carbonyl (C=O) groups is 1. The molecule has 0 bridgehead atoms. The minimum Gasteiger partial charge on any atom is -0.507 e. The van der Waals surface area contributed by atoms with Crippen molar-refractivity contribution in [1.29, 1.82) is 0 Å². The molecule has 0 radical (unpaired) electrons. The fourth-order valence-electron chi connectivity index (χ4n) is 2.87. The zero-order valence-corrected chi connectivity index (χ0v) is 14.3. The number of hydrogen-bond acceptors (Lipinski definition) is 4. The number of benzene rings is 2. The molecule has 5 nitrogen and oxygen atoms in total. The first-order valence-electron chi connectivity index (χ1n) is 8.04. The van der Waals surface area contributed by atoms with Crippen molar-refractivity contribution in [2.75, 3.05) is 23.3 Å². The molecule has 4 N–H and O–H groups in total. The number of piperidine rings is 1. The molecule has 2 aromatic carbocycles. The summed E-state index contributed by atoms with van der Waals surface area (Å²) in [7, 11) is 0. The van der Waals surface area contributed by atoms with Gasteiger partial charge >= 0.3 is 0 Å². The molecular formula is C18H19ClFN3O2. The van der Waals surface area contributed by atoms with Crippen LogP contribution in [0.2, 0.25) is 5.02 Å². The number of nitrogens with one attached hydrogen (secondary N) is 1. The van der Waals surface area contributed by atoms with Gasteiger partial charge in [-0.05, 0) is 49.2 Å². The lowest BCUT2D eigenvalue weighted by Crippen LogP contribution is -2.40. The van der Waals surface area contributed by atoms with E-state index in [0.29, 0.717) is 29.5 Å². The summed E-state index contributed by atoms with van der Waals surface area (Å²) >= 11 is 5.84. The van der Waals surface area contributed by atoms with Crippen molar-refractivity contribution in [3.05, 3.63) is 52.8 Å². The molecule has 132 valence electrons. The van der Waals surface area contributed by atoms with Gasteiger partial charge in [-0.2, -0.15) is 0 Å². The van der Waals surface area contributed by atoms with Gasteiger partial charge in [0.15, 0.2) is 0 Å². The van der Waals surface area contributed by atoms with Crippen LogP contribution >= 0.6 is 11.6 Å². The van der Waals surface area contributed by atoms with E-state index in [9.17, 15) is 14.3 Å². The third kappa shape index (κ3) is 4.03. The van der Waals surface area contributed by atoms with E-state index in [-0.39, 0.29) is 17.4 Å². The van der Waals surface area contributed by atoms with Gasteiger partial charge in [0.1, 0.15) is 11.6 Å². The highest BCUT2D eigenvalue weighted by Crippen LogP contribution is 2.27. The van der Waals surface area contributed by atoms with Crippen molar-refractivity contribution in [2.24, 2.45) is 5.73 Å². The Balaban J connectivity index is 1.74. The third-order valence-electron chi connectivity index (χ3n) is 4.29. The molecule has 1 aliphatic rings. The summed E-state index contributed by atoms with van der Waals surface area (Å²) in [6.07, 6.45) is 1.65. The molecule has 7 heteroatoms. The average Bonchev–Trinajstić information content (AvgIpc) is 2.58. The highest BCUT2D eigenvalue weighted by Gasteiger charge is 2.19. The van der Waals surface area contributed by atoms with Crippen LogP contribution in [0.1, 0.15) is 23.2 Å². The zero-order valence-electron chi connectivity index (χ0n) is 13.5. The summed E-state index contributed by atoms with van der Waals surface area (Å²) in [6, 6.07) is 8.88. The number of phenolic OH excluding ortho intramolecular Hbond substituents is 1. The molecule has 3 rings (SSSR count). The molecule has 2 aromatic rings. The Labute approximate surface area is 150 Å². The minimum absolute atomic E-state index is 0.0296. The Hall–Kier alpha value is -2.31. The number of rotatable bonds is 3. The van der Waals surface area contributed by atoms with Crippen LogP contribution in [0.3, 0.4) is 0 Å². The Morgan fingerprint density at radius 2 is 1.96 bits per heavy atom. The van der Waals surface area contributed by atoms with Crippen molar-refractivity contribution >= 4 is 28.9 Å². The van der Waals surface area contributed by atoms with Crippen LogP contribution in [0.25, 0.3) is 0 Å². The summed E-state index contributed by atoms with van der Waals surface area (Å²) in [5.41, 5.74) is 6.70. The number of hydrogen-bond donors (Lipinski definition) is 3. The summed E-state index contributed by atoms with van der Waals surface area (Å²) in [5, 5.41) is 12.7. The topological polar surface area (TPSA) is 78.6 Å². The predicted octanol–water partition coefficient (Wildman–Crippen LogP) is 3.36. The molecule has 0 atom stereocenters. The first kappa shape index (κ1) is 17.5. The van der Waals surface area contributed by atoms with Gasteiger partial charge in [-0.3, -0.25) is 4.79 Å². The van der Waals surface area contributed by atoms with Crippen molar-refractivity contribution in [2.45, 2.75) is 18.9 Å². The molecular weight excluding hydrogens is 345 g/mol. The normalized spacial score (nSPS) is 15.2. The van der Waals surface area contributed by atoms with Gasteiger partial charge in [0, 0.05) is 29.8 Å². The Morgan fingerprint density at radius 1 is 1.24 bits per heavy atom. The van der Waals surface area contributed by atoms with E-state index in [4.69, 9.17) is 17.3 Å². The van der Waals surface area contributed by atoms with Crippen molar-refractivity contribution in [3.8, 4) is 5.75 Å². The molecule has 0 spiro atoms. The lowest BCUT2D eigenvalue weighted by molar-refractivity contribution is 0.102. The maximum Gasteiger partial charge on any atom is 0.259 e. The number of carbonyl (C=O) groups excluding carboxylic acids is 1. The second-order valence-electron chi connectivity index (χ2n) is 6.11. The molecule has 1 aliphatic heterocycles. The first-order valence-corrected chi connectivity index (χ1v) is 8.42. The number of nitrogens with two attached hydrogens (primary N) is 1. The second-order valence-corrected chi connectivity index (χ2v) is 6.54. The van der Waals surface area contributed by atoms with Gasteiger partial charge in [-0.15, -0.1) is 0 Å². The van der Waals surface area contributed by atoms with E-state index in [1.54, 1.807) is 12.1 Å². The second kappa shape index (κ2) is 7.29. The maximum atomic E-state index is 14.4. The summed E-state index contributed by atoms with van der Waals surface area (Å²) in [4.78, 5) is 14.2. The lowest BCUT2D eigenvalue weighted by atomic mass is 10.1. The number of amides is 1. The highest BCUT2D eigenvalue weighted by atomic mass is 35.5. The standard InChI is InChI=1S/C18H19ClFN3O2/c19-11-1-4-17(24)14(9-11)18(25)22-13-2-3-16(15(20)10-13)23-7-5-12(21)6-8-23/h1-4,9-10,12,24H,5-8,21H2,(H,22,25). The number of aromatic hydroxyl groups is 1. The SMILES string of the molecule is NC1CCN(c2ccc(NC(=O)c3cc(Cl)ccc3O)cc2F)CC1. The van der Waals surface area contributed by atoms with E-state index >= 15 is 0 Å². The van der Waals surface area contributed by atoms with E-state index in [1.165, 1.54) is 24.3 Å². The highest BCUT2D eigenvalue weighted by molar-refractivity contribution is 6.31. The molecule has 0 unspecified atom stereocenters. The molecule has 1 amide bonds. The molecule has 25 heavy (non-hydrogen) atoms. The fraction of sp³-hybridized carbons (Fsp3) is 0.278. The molecule has 0 saturated carbocycles. The van der Waals surface area contributed by atoms with Gasteiger partial charge in [0.25, 0.3) is 5.91 Å². The van der Waals surface area contributed by atoms with Crippen LogP contribution in [0.15, 0.2) is 36.4 Å². The lowest BCUT2D eigenvalue weighted by Gasteiger charge is -2.32. The summed E-state index contributed by atoms with van der Waals surface area (Å²) in [6.45, 7) is 1.42. The van der Waals surface area contributed by atoms with Crippen molar-refractivity contribution in [3.63, 3.8) is 0 Å². The molecule has 0 aromatic heterocycles. The quantitative estimate of drug-likeness (QED) is 0.781. The van der Waals surface area contributed by atoms with Crippen LogP contribution in [0, 0.1) is 5.82 Å². The number of nitrogens with zero attached hydrogens (tertiary/aromatic N) is 1. The summed E-state index contributed by atoms with van der Waals surface area (Å²) < 4.78 is 14.4. The first-order chi connectivity index (χ1) is 11.9. The van der Waals surface area contributed by atoms with Gasteiger partial charge in [-0.25, -0.2) is 4.39 Å². The predicted molar refractivity (Wildman–Crippen MR) is 96.9 cm³/mol. The van der Waals surface area contributed by atoms with E-state index in [0.717, 1.165) is 12.8 Å². The smallest absolute Gasteiger partial charge is 0.259 e. The number of phenols is 1. The Morgan fingerprint density at radius 3 is 2.64 bits per heavy atom. The molecule has 0 aliphatic carbocycles. The monoisotopic (exact) mass is 363 g/mol. The Kier molecular flexibility index (Phi) is 5.11. The van der Waals surface area contributed by atoms with Crippen LogP contribution < -0.4 is 16.0 Å². The number of anilines is 2. The fourth-order valence-corrected chi connectivity index (χ4v) is 3.04. The molecule has 1 heterocycles. The molecule has 1 saturated heterocycles. The maximum absolute atomic E-state index is 14.4. The van der Waals surface area contributed by atoms with Gasteiger partial charge in [-0.1, -0.05) is 11.6 Å². The van der Waals surface area contributed by atoms with Crippen LogP contribution in [0.4, 0.5) is 15.8 Å². The van der Waals surface area contributed by atoms with Crippen molar-refractivity contribution < 1.29 is 14.3 Å². The van der Waals surface area contributed by atoms with E-state index < -0.39 is 11.7 Å². The van der Waals surface area contributed by atoms with E-state index in [1.807, 2.05) is 4.90 Å². The Bertz CT molecular complexity index is 792. The van der Waals surface area contributed by atoms with Crippen LogP contribution in [0.5, 0.6) is 5.75 Å². The summed E-state index contributed by atoms with van der Waals surface area (Å²) in [5.74, 6) is -1.16. The minimum atomic E-state index is -0.559. The van der Waals surface area contributed by atoms with E-state index in [2.05, 4.69) is 5.32 Å². The van der Waals surface area contributed by atoms with Gasteiger partial charge in [0.05, 0.1) is 11.3 Å². The van der Waals surface area contributed by atoms with Crippen molar-refractivity contribution in [1.82, 2.24) is 0 Å². The third-order valence-corrected chi connectivity index (χ3v) is 4.52.